The lowest BCUT2D eigenvalue weighted by molar-refractivity contribution is 0.605. The number of hydrogen-bond acceptors (Lipinski definition) is 3. The lowest BCUT2D eigenvalue weighted by Gasteiger charge is -2.23. The molecule has 0 radical (unpaired) electrons. The summed E-state index contributed by atoms with van der Waals surface area (Å²) >= 11 is 0. The number of anilines is 2. The molecule has 0 aliphatic rings. The zero-order valence-corrected chi connectivity index (χ0v) is 11.3. The summed E-state index contributed by atoms with van der Waals surface area (Å²) in [5.74, 6) is -0.300. The highest BCUT2D eigenvalue weighted by Crippen LogP contribution is 2.21. The van der Waals surface area contributed by atoms with E-state index < -0.39 is 0 Å². The van der Waals surface area contributed by atoms with Crippen LogP contribution in [-0.4, -0.2) is 6.54 Å². The molecule has 0 atom stereocenters. The molecule has 0 aliphatic heterocycles. The molecule has 0 saturated heterocycles. The second kappa shape index (κ2) is 6.07. The summed E-state index contributed by atoms with van der Waals surface area (Å²) < 4.78 is 13.8. The maximum absolute atomic E-state index is 13.8. The van der Waals surface area contributed by atoms with Crippen LogP contribution in [0, 0.1) is 17.1 Å². The van der Waals surface area contributed by atoms with Crippen LogP contribution in [0.5, 0.6) is 0 Å². The van der Waals surface area contributed by atoms with E-state index in [1.165, 1.54) is 12.1 Å². The van der Waals surface area contributed by atoms with Gasteiger partial charge in [0.05, 0.1) is 11.6 Å². The van der Waals surface area contributed by atoms with Crippen molar-refractivity contribution in [2.45, 2.75) is 13.5 Å². The first-order valence-electron chi connectivity index (χ1n) is 6.43. The summed E-state index contributed by atoms with van der Waals surface area (Å²) in [5, 5.41) is 8.90. The zero-order valence-electron chi connectivity index (χ0n) is 11.3. The third-order valence-electron chi connectivity index (χ3n) is 3.15. The van der Waals surface area contributed by atoms with Crippen LogP contribution in [0.25, 0.3) is 0 Å². The zero-order chi connectivity index (χ0) is 14.5. The molecule has 2 aromatic rings. The summed E-state index contributed by atoms with van der Waals surface area (Å²) in [5.41, 5.74) is 8.36. The lowest BCUT2D eigenvalue weighted by atomic mass is 10.1. The Bertz CT molecular complexity index is 646. The number of nitrogens with zero attached hydrogens (tertiary/aromatic N) is 2. The van der Waals surface area contributed by atoms with E-state index in [1.807, 2.05) is 42.2 Å². The highest BCUT2D eigenvalue weighted by Gasteiger charge is 2.10. The summed E-state index contributed by atoms with van der Waals surface area (Å²) in [6, 6.07) is 13.9. The van der Waals surface area contributed by atoms with E-state index in [0.717, 1.165) is 12.2 Å². The Morgan fingerprint density at radius 1 is 1.25 bits per heavy atom. The van der Waals surface area contributed by atoms with Crippen LogP contribution in [-0.2, 0) is 6.54 Å². The fourth-order valence-electron chi connectivity index (χ4n) is 2.08. The molecule has 2 aromatic carbocycles. The van der Waals surface area contributed by atoms with Gasteiger partial charge in [0.25, 0.3) is 0 Å². The molecule has 0 saturated carbocycles. The van der Waals surface area contributed by atoms with Gasteiger partial charge in [0, 0.05) is 30.0 Å². The molecule has 3 nitrogen and oxygen atoms in total. The number of rotatable bonds is 4. The van der Waals surface area contributed by atoms with Crippen molar-refractivity contribution in [1.82, 2.24) is 0 Å². The smallest absolute Gasteiger partial charge is 0.128 e. The highest BCUT2D eigenvalue weighted by atomic mass is 19.1. The molecule has 0 aliphatic carbocycles. The minimum absolute atomic E-state index is 0.300. The third-order valence-corrected chi connectivity index (χ3v) is 3.15. The second-order valence-corrected chi connectivity index (χ2v) is 4.53. The fourth-order valence-corrected chi connectivity index (χ4v) is 2.08. The van der Waals surface area contributed by atoms with Gasteiger partial charge in [-0.05, 0) is 43.3 Å². The first-order chi connectivity index (χ1) is 9.63. The minimum atomic E-state index is -0.300. The van der Waals surface area contributed by atoms with E-state index in [4.69, 9.17) is 11.0 Å². The Hall–Kier alpha value is -2.54. The molecule has 102 valence electrons. The summed E-state index contributed by atoms with van der Waals surface area (Å²) in [6.45, 7) is 3.12. The van der Waals surface area contributed by atoms with Gasteiger partial charge in [-0.1, -0.05) is 6.07 Å². The van der Waals surface area contributed by atoms with Crippen LogP contribution in [0.2, 0.25) is 0 Å². The quantitative estimate of drug-likeness (QED) is 0.866. The van der Waals surface area contributed by atoms with Crippen LogP contribution in [0.15, 0.2) is 42.5 Å². The molecular formula is C16H16FN3. The average Bonchev–Trinajstić information content (AvgIpc) is 2.46. The maximum Gasteiger partial charge on any atom is 0.128 e. The molecule has 0 heterocycles. The molecule has 0 unspecified atom stereocenters. The predicted octanol–water partition coefficient (Wildman–Crippen LogP) is 3.31. The van der Waals surface area contributed by atoms with E-state index in [9.17, 15) is 4.39 Å². The molecule has 0 bridgehead atoms. The normalized spacial score (nSPS) is 10.1. The lowest BCUT2D eigenvalue weighted by Crippen LogP contribution is -2.22. The fraction of sp³-hybridized carbons (Fsp3) is 0.188. The van der Waals surface area contributed by atoms with E-state index in [1.54, 1.807) is 6.07 Å². The van der Waals surface area contributed by atoms with E-state index in [2.05, 4.69) is 0 Å². The van der Waals surface area contributed by atoms with Gasteiger partial charge in [-0.25, -0.2) is 4.39 Å². The number of nitrogens with two attached hydrogens (primary N) is 1. The minimum Gasteiger partial charge on any atom is -0.399 e. The number of nitrogen functional groups attached to an aromatic ring is 1. The van der Waals surface area contributed by atoms with Crippen molar-refractivity contribution in [1.29, 1.82) is 5.26 Å². The van der Waals surface area contributed by atoms with Crippen molar-refractivity contribution >= 4 is 11.4 Å². The van der Waals surface area contributed by atoms with Gasteiger partial charge in [-0.15, -0.1) is 0 Å². The third kappa shape index (κ3) is 3.07. The largest absolute Gasteiger partial charge is 0.399 e. The molecular weight excluding hydrogens is 253 g/mol. The Morgan fingerprint density at radius 3 is 2.70 bits per heavy atom. The van der Waals surface area contributed by atoms with Gasteiger partial charge in [0.1, 0.15) is 5.82 Å². The van der Waals surface area contributed by atoms with E-state index in [0.29, 0.717) is 23.4 Å². The van der Waals surface area contributed by atoms with Gasteiger partial charge in [-0.2, -0.15) is 5.26 Å². The van der Waals surface area contributed by atoms with Crippen molar-refractivity contribution < 1.29 is 4.39 Å². The monoisotopic (exact) mass is 269 g/mol. The van der Waals surface area contributed by atoms with Crippen molar-refractivity contribution in [3.8, 4) is 6.07 Å². The topological polar surface area (TPSA) is 53.0 Å². The Balaban J connectivity index is 2.29. The second-order valence-electron chi connectivity index (χ2n) is 4.53. The molecule has 0 fully saturated rings. The molecule has 20 heavy (non-hydrogen) atoms. The Morgan fingerprint density at radius 2 is 2.05 bits per heavy atom. The molecule has 0 amide bonds. The first kappa shape index (κ1) is 13.9. The van der Waals surface area contributed by atoms with Crippen molar-refractivity contribution in [3.63, 3.8) is 0 Å². The molecule has 4 heteroatoms. The number of benzene rings is 2. The van der Waals surface area contributed by atoms with Crippen molar-refractivity contribution in [2.75, 3.05) is 17.2 Å². The summed E-state index contributed by atoms with van der Waals surface area (Å²) in [4.78, 5) is 2.01. The van der Waals surface area contributed by atoms with Crippen molar-refractivity contribution in [2.24, 2.45) is 0 Å². The van der Waals surface area contributed by atoms with Crippen molar-refractivity contribution in [3.05, 3.63) is 59.4 Å². The van der Waals surface area contributed by atoms with Crippen LogP contribution in [0.3, 0.4) is 0 Å². The van der Waals surface area contributed by atoms with Gasteiger partial charge in [0.15, 0.2) is 0 Å². The van der Waals surface area contributed by atoms with Gasteiger partial charge >= 0.3 is 0 Å². The number of nitriles is 1. The van der Waals surface area contributed by atoms with Crippen LogP contribution in [0.4, 0.5) is 15.8 Å². The molecule has 2 N–H and O–H groups in total. The molecule has 0 spiro atoms. The molecule has 2 rings (SSSR count). The summed E-state index contributed by atoms with van der Waals surface area (Å²) in [7, 11) is 0. The van der Waals surface area contributed by atoms with Crippen LogP contribution >= 0.6 is 0 Å². The molecule has 0 aromatic heterocycles. The summed E-state index contributed by atoms with van der Waals surface area (Å²) in [6.07, 6.45) is 0. The van der Waals surface area contributed by atoms with Crippen LogP contribution < -0.4 is 10.6 Å². The standard InChI is InChI=1S/C16H16FN3/c1-2-20(15-5-3-4-14(19)9-15)11-13-8-12(10-18)6-7-16(13)17/h3-9H,2,11,19H2,1H3. The Labute approximate surface area is 118 Å². The van der Waals surface area contributed by atoms with E-state index >= 15 is 0 Å². The van der Waals surface area contributed by atoms with Gasteiger partial charge in [0.2, 0.25) is 0 Å². The number of hydrogen-bond donors (Lipinski definition) is 1. The van der Waals surface area contributed by atoms with Gasteiger partial charge in [-0.3, -0.25) is 0 Å². The van der Waals surface area contributed by atoms with Crippen LogP contribution in [0.1, 0.15) is 18.1 Å². The maximum atomic E-state index is 13.8. The SMILES string of the molecule is CCN(Cc1cc(C#N)ccc1F)c1cccc(N)c1. The highest BCUT2D eigenvalue weighted by molar-refractivity contribution is 5.56. The Kier molecular flexibility index (Phi) is 4.21. The number of halogens is 1. The first-order valence-corrected chi connectivity index (χ1v) is 6.43. The predicted molar refractivity (Wildman–Crippen MR) is 78.7 cm³/mol. The average molecular weight is 269 g/mol. The van der Waals surface area contributed by atoms with Gasteiger partial charge < -0.3 is 10.6 Å². The van der Waals surface area contributed by atoms with E-state index in [-0.39, 0.29) is 5.82 Å².